The average Bonchev–Trinajstić information content (AvgIpc) is 3.43. The van der Waals surface area contributed by atoms with Gasteiger partial charge in [0.25, 0.3) is 0 Å². The molecule has 0 bridgehead atoms. The van der Waals surface area contributed by atoms with Crippen LogP contribution < -0.4 is 16.4 Å². The molecule has 3 rings (SSSR count). The number of aliphatic hydroxyl groups is 3. The Morgan fingerprint density at radius 3 is 2.25 bits per heavy atom. The third-order valence-corrected chi connectivity index (χ3v) is 12.2. The number of nitrogens with one attached hydrogen (secondary N) is 2. The number of fused-ring (bicyclic) bond motifs is 3. The summed E-state index contributed by atoms with van der Waals surface area (Å²) in [5.74, 6) is -10.5. The molecule has 3 aliphatic rings. The highest BCUT2D eigenvalue weighted by Gasteiger charge is 2.75. The zero-order chi connectivity index (χ0) is 43.4. The molecule has 2 amide bonds. The Hall–Kier alpha value is -4.31. The highest BCUT2D eigenvalue weighted by molar-refractivity contribution is 8.00. The summed E-state index contributed by atoms with van der Waals surface area (Å²) in [4.78, 5) is 99.5. The molecule has 1 aliphatic heterocycles. The first-order valence-corrected chi connectivity index (χ1v) is 19.4. The van der Waals surface area contributed by atoms with Crippen LogP contribution in [-0.4, -0.2) is 144 Å². The quantitative estimate of drug-likeness (QED) is 0.0451. The van der Waals surface area contributed by atoms with E-state index in [4.69, 9.17) is 34.9 Å². The molecule has 1 saturated carbocycles. The van der Waals surface area contributed by atoms with Gasteiger partial charge in [0.2, 0.25) is 11.8 Å². The maximum atomic E-state index is 13.7. The van der Waals surface area contributed by atoms with Crippen molar-refractivity contribution in [2.75, 3.05) is 12.3 Å². The predicted molar refractivity (Wildman–Crippen MR) is 196 cm³/mol. The van der Waals surface area contributed by atoms with Crippen LogP contribution in [0.2, 0.25) is 0 Å². The topological polar surface area (TPSA) is 325 Å². The van der Waals surface area contributed by atoms with E-state index in [0.29, 0.717) is 6.42 Å². The molecule has 12 atom stereocenters. The van der Waals surface area contributed by atoms with Gasteiger partial charge in [-0.3, -0.25) is 33.6 Å². The Kier molecular flexibility index (Phi) is 15.3. The van der Waals surface area contributed by atoms with E-state index in [0.717, 1.165) is 25.6 Å². The van der Waals surface area contributed by atoms with Crippen molar-refractivity contribution in [3.05, 3.63) is 11.1 Å². The van der Waals surface area contributed by atoms with Crippen LogP contribution >= 0.6 is 11.8 Å². The van der Waals surface area contributed by atoms with Crippen molar-refractivity contribution in [1.29, 1.82) is 0 Å². The van der Waals surface area contributed by atoms with Crippen molar-refractivity contribution in [3.63, 3.8) is 0 Å². The Bertz CT molecular complexity index is 1650. The maximum absolute atomic E-state index is 13.7. The van der Waals surface area contributed by atoms with Crippen molar-refractivity contribution in [1.82, 2.24) is 10.6 Å². The van der Waals surface area contributed by atoms with E-state index in [1.54, 1.807) is 13.8 Å². The molecule has 9 N–H and O–H groups in total. The summed E-state index contributed by atoms with van der Waals surface area (Å²) in [5.41, 5.74) is -1.59. The van der Waals surface area contributed by atoms with Crippen LogP contribution in [0, 0.1) is 11.8 Å². The zero-order valence-corrected chi connectivity index (χ0v) is 33.6. The smallest absolute Gasteiger partial charge is 0.341 e. The molecule has 57 heavy (non-hydrogen) atoms. The Morgan fingerprint density at radius 1 is 1.05 bits per heavy atom. The first kappa shape index (κ1) is 47.1. The zero-order valence-electron chi connectivity index (χ0n) is 32.8. The molecule has 320 valence electrons. The van der Waals surface area contributed by atoms with Crippen LogP contribution in [0.15, 0.2) is 11.1 Å². The van der Waals surface area contributed by atoms with Gasteiger partial charge in [-0.2, -0.15) is 11.8 Å². The van der Waals surface area contributed by atoms with Gasteiger partial charge in [0.1, 0.15) is 42.5 Å². The molecule has 1 heterocycles. The predicted octanol–water partition coefficient (Wildman–Crippen LogP) is -1.31. The molecule has 1 saturated heterocycles. The number of rotatable bonds is 18. The second-order valence-corrected chi connectivity index (χ2v) is 16.4. The van der Waals surface area contributed by atoms with E-state index in [2.05, 4.69) is 10.6 Å². The molecular formula is C36H53N3O17S. The van der Waals surface area contributed by atoms with Crippen LogP contribution in [0.25, 0.3) is 0 Å². The fourth-order valence-corrected chi connectivity index (χ4v) is 8.49. The first-order chi connectivity index (χ1) is 26.3. The Balaban J connectivity index is 1.90. The number of nitrogens with two attached hydrogens (primary N) is 1. The number of hydrogen-bond acceptors (Lipinski definition) is 17. The molecule has 0 aromatic rings. The van der Waals surface area contributed by atoms with Gasteiger partial charge in [-0.05, 0) is 44.8 Å². The lowest BCUT2D eigenvalue weighted by atomic mass is 9.75. The van der Waals surface area contributed by atoms with E-state index in [-0.39, 0.29) is 36.2 Å². The van der Waals surface area contributed by atoms with Crippen LogP contribution in [0.4, 0.5) is 0 Å². The van der Waals surface area contributed by atoms with Crippen LogP contribution in [0.3, 0.4) is 0 Å². The lowest BCUT2D eigenvalue weighted by Gasteiger charge is -2.41. The van der Waals surface area contributed by atoms with Crippen LogP contribution in [-0.2, 0) is 57.3 Å². The van der Waals surface area contributed by atoms with Crippen molar-refractivity contribution in [3.8, 4) is 0 Å². The van der Waals surface area contributed by atoms with Gasteiger partial charge in [-0.25, -0.2) is 4.79 Å². The molecule has 21 heteroatoms. The van der Waals surface area contributed by atoms with Gasteiger partial charge >= 0.3 is 35.8 Å². The van der Waals surface area contributed by atoms with E-state index >= 15 is 0 Å². The summed E-state index contributed by atoms with van der Waals surface area (Å²) in [7, 11) is 0. The third-order valence-electron chi connectivity index (χ3n) is 10.7. The Labute approximate surface area is 332 Å². The number of esters is 4. The number of aliphatic hydroxyl groups excluding tert-OH is 1. The normalized spacial score (nSPS) is 31.3. The molecule has 2 aliphatic carbocycles. The van der Waals surface area contributed by atoms with Gasteiger partial charge in [0, 0.05) is 37.2 Å². The number of aliphatic carboxylic acids is 2. The summed E-state index contributed by atoms with van der Waals surface area (Å²) in [6.07, 6.45) is -7.44. The molecule has 2 fully saturated rings. The molecule has 20 nitrogen and oxygen atoms in total. The first-order valence-electron chi connectivity index (χ1n) is 18.4. The molecule has 0 aromatic heterocycles. The van der Waals surface area contributed by atoms with E-state index in [1.165, 1.54) is 20.8 Å². The molecule has 0 radical (unpaired) electrons. The molecule has 0 spiro atoms. The molecule has 2 unspecified atom stereocenters. The van der Waals surface area contributed by atoms with Crippen molar-refractivity contribution in [2.45, 2.75) is 139 Å². The highest BCUT2D eigenvalue weighted by atomic mass is 32.2. The number of carbonyl (C=O) groups excluding carboxylic acids is 6. The van der Waals surface area contributed by atoms with Crippen LogP contribution in [0.5, 0.6) is 0 Å². The van der Waals surface area contributed by atoms with Gasteiger partial charge in [-0.15, -0.1) is 0 Å². The number of ether oxygens (including phenoxy) is 4. The fourth-order valence-electron chi connectivity index (χ4n) is 7.36. The lowest BCUT2D eigenvalue weighted by Crippen LogP contribution is -2.64. The summed E-state index contributed by atoms with van der Waals surface area (Å²) in [6.45, 7) is 8.96. The number of hydrogen-bond donors (Lipinski definition) is 8. The molecule has 0 aromatic carbocycles. The van der Waals surface area contributed by atoms with Gasteiger partial charge in [0.05, 0.1) is 11.8 Å². The van der Waals surface area contributed by atoms with Gasteiger partial charge in [0.15, 0.2) is 17.3 Å². The van der Waals surface area contributed by atoms with Crippen molar-refractivity contribution < 1.29 is 82.8 Å². The number of carboxylic acid groups (broad SMARTS) is 2. The fraction of sp³-hybridized carbons (Fsp3) is 0.722. The maximum Gasteiger partial charge on any atom is 0.341 e. The van der Waals surface area contributed by atoms with Gasteiger partial charge in [-0.1, -0.05) is 20.8 Å². The number of thioether (sulfide) groups is 1. The number of carboxylic acids is 2. The van der Waals surface area contributed by atoms with Crippen LogP contribution in [0.1, 0.15) is 80.6 Å². The minimum Gasteiger partial charge on any atom is -0.480 e. The van der Waals surface area contributed by atoms with E-state index in [9.17, 15) is 53.7 Å². The van der Waals surface area contributed by atoms with Gasteiger partial charge < -0.3 is 60.8 Å². The SMILES string of the molecule is CCCC(=O)O[C@H]1C[C@](C)(OC(C)=O)[C@@H]2C(=C(C)[C@H](OC(=O)C(C)C(C)SC[C@H](NC(=O)CC[C@H](N)C(=O)O)C(=O)NCC(=O)O)[C@H]2O)[C@@H]2OC(=O)[C@@](C)(O)[C@@]12O. The Morgan fingerprint density at radius 2 is 1.68 bits per heavy atom. The monoisotopic (exact) mass is 831 g/mol. The molecular weight excluding hydrogens is 778 g/mol. The second kappa shape index (κ2) is 18.5. The third kappa shape index (κ3) is 10.1. The highest BCUT2D eigenvalue weighted by Crippen LogP contribution is 2.57. The van der Waals surface area contributed by atoms with Crippen molar-refractivity contribution >= 4 is 59.4 Å². The number of carbonyl (C=O) groups is 8. The summed E-state index contributed by atoms with van der Waals surface area (Å²) in [6, 6.07) is -2.64. The lowest BCUT2D eigenvalue weighted by molar-refractivity contribution is -0.211. The number of amides is 2. The minimum absolute atomic E-state index is 0.0166. The minimum atomic E-state index is -2.66. The van der Waals surface area contributed by atoms with E-state index < -0.39 is 131 Å². The van der Waals surface area contributed by atoms with Crippen molar-refractivity contribution in [2.24, 2.45) is 17.6 Å². The second-order valence-electron chi connectivity index (χ2n) is 15.0. The summed E-state index contributed by atoms with van der Waals surface area (Å²) < 4.78 is 22.8. The summed E-state index contributed by atoms with van der Waals surface area (Å²) in [5, 5.41) is 57.5. The van der Waals surface area contributed by atoms with E-state index in [1.807, 2.05) is 0 Å². The average molecular weight is 832 g/mol. The standard InChI is InChI=1S/C36H53N3O17S/c1-8-9-24(44)53-21-12-34(6,56-18(5)40)26-25(29-36(21,52)35(7,51)33(50)55-29)16(3)28(27(26)45)54-32(49)15(2)17(4)57-14-20(30(46)38-13-23(42)43)39-22(41)11-10-19(37)31(47)48/h15,17,19-21,26-29,45,51-52H,8-14,37H2,1-7H3,(H,38,46)(H,39,41)(H,42,43)(H,47,48)/t15?,17?,19-,20-,21-,26+,27-,28-,29-,34-,35+,36+/m0/s1. The largest absolute Gasteiger partial charge is 0.480 e. The summed E-state index contributed by atoms with van der Waals surface area (Å²) >= 11 is 1.03.